The standard InChI is InChI=1S/C14H23NO3S/c1-10(2)19(16)9-12(15-3)11-6-7-13(17-4)14(8-11)18-5/h6-8,10,12,15H,9H2,1-5H3. The number of hydrogen-bond donors (Lipinski definition) is 1. The zero-order valence-corrected chi connectivity index (χ0v) is 13.0. The van der Waals surface area contributed by atoms with Gasteiger partial charge in [-0.25, -0.2) is 0 Å². The highest BCUT2D eigenvalue weighted by molar-refractivity contribution is 7.85. The van der Waals surface area contributed by atoms with Gasteiger partial charge in [-0.3, -0.25) is 4.21 Å². The summed E-state index contributed by atoms with van der Waals surface area (Å²) in [6.07, 6.45) is 0. The second kappa shape index (κ2) is 7.50. The van der Waals surface area contributed by atoms with E-state index >= 15 is 0 Å². The van der Waals surface area contributed by atoms with Crippen LogP contribution in [0.15, 0.2) is 18.2 Å². The van der Waals surface area contributed by atoms with Crippen LogP contribution in [0.3, 0.4) is 0 Å². The van der Waals surface area contributed by atoms with Crippen molar-refractivity contribution in [2.24, 2.45) is 0 Å². The first-order valence-electron chi connectivity index (χ1n) is 6.29. The fourth-order valence-electron chi connectivity index (χ4n) is 1.77. The Morgan fingerprint density at radius 1 is 1.21 bits per heavy atom. The number of rotatable bonds is 7. The lowest BCUT2D eigenvalue weighted by Gasteiger charge is -2.19. The van der Waals surface area contributed by atoms with Gasteiger partial charge in [-0.1, -0.05) is 19.9 Å². The van der Waals surface area contributed by atoms with Gasteiger partial charge in [0.05, 0.1) is 14.2 Å². The first-order valence-corrected chi connectivity index (χ1v) is 7.68. The van der Waals surface area contributed by atoms with Crippen LogP contribution >= 0.6 is 0 Å². The molecule has 0 bridgehead atoms. The number of benzene rings is 1. The molecular formula is C14H23NO3S. The van der Waals surface area contributed by atoms with Gasteiger partial charge in [0.1, 0.15) is 0 Å². The fraction of sp³-hybridized carbons (Fsp3) is 0.571. The van der Waals surface area contributed by atoms with Crippen LogP contribution in [0.5, 0.6) is 11.5 Å². The van der Waals surface area contributed by atoms with Gasteiger partial charge >= 0.3 is 0 Å². The molecule has 0 spiro atoms. The van der Waals surface area contributed by atoms with Gasteiger partial charge in [0.25, 0.3) is 0 Å². The van der Waals surface area contributed by atoms with Gasteiger partial charge in [-0.05, 0) is 24.7 Å². The zero-order valence-electron chi connectivity index (χ0n) is 12.2. The maximum atomic E-state index is 12.0. The van der Waals surface area contributed by atoms with Crippen molar-refractivity contribution in [2.75, 3.05) is 27.0 Å². The second-order valence-corrected chi connectivity index (χ2v) is 6.59. The van der Waals surface area contributed by atoms with Crippen LogP contribution in [-0.2, 0) is 10.8 Å². The minimum atomic E-state index is -0.852. The quantitative estimate of drug-likeness (QED) is 0.833. The average Bonchev–Trinajstić information content (AvgIpc) is 2.43. The third kappa shape index (κ3) is 4.21. The Kier molecular flexibility index (Phi) is 6.31. The Balaban J connectivity index is 2.95. The predicted octanol–water partition coefficient (Wildman–Crippen LogP) is 2.12. The van der Waals surface area contributed by atoms with E-state index in [1.165, 1.54) is 0 Å². The third-order valence-corrected chi connectivity index (χ3v) is 4.73. The average molecular weight is 285 g/mol. The molecule has 0 saturated heterocycles. The van der Waals surface area contributed by atoms with Crippen molar-refractivity contribution in [1.82, 2.24) is 5.32 Å². The maximum Gasteiger partial charge on any atom is 0.161 e. The van der Waals surface area contributed by atoms with E-state index < -0.39 is 10.8 Å². The Bertz CT molecular complexity index is 435. The summed E-state index contributed by atoms with van der Waals surface area (Å²) in [6.45, 7) is 3.94. The van der Waals surface area contributed by atoms with Crippen molar-refractivity contribution in [3.05, 3.63) is 23.8 Å². The molecule has 2 unspecified atom stereocenters. The molecule has 0 aliphatic carbocycles. The molecule has 2 atom stereocenters. The molecule has 0 heterocycles. The maximum absolute atomic E-state index is 12.0. The van der Waals surface area contributed by atoms with E-state index in [2.05, 4.69) is 5.32 Å². The lowest BCUT2D eigenvalue weighted by Crippen LogP contribution is -2.25. The topological polar surface area (TPSA) is 47.6 Å². The van der Waals surface area contributed by atoms with Crippen molar-refractivity contribution in [3.63, 3.8) is 0 Å². The third-order valence-electron chi connectivity index (χ3n) is 3.02. The molecule has 0 radical (unpaired) electrons. The molecule has 0 fully saturated rings. The molecule has 1 aromatic rings. The Hall–Kier alpha value is -1.07. The van der Waals surface area contributed by atoms with E-state index in [0.717, 1.165) is 5.56 Å². The summed E-state index contributed by atoms with van der Waals surface area (Å²) in [5.41, 5.74) is 1.05. The van der Waals surface area contributed by atoms with Gasteiger partial charge in [0.15, 0.2) is 11.5 Å². The molecule has 0 saturated carbocycles. The van der Waals surface area contributed by atoms with Crippen molar-refractivity contribution < 1.29 is 13.7 Å². The number of methoxy groups -OCH3 is 2. The molecule has 1 aromatic carbocycles. The summed E-state index contributed by atoms with van der Waals surface area (Å²) in [5.74, 6) is 1.98. The van der Waals surface area contributed by atoms with Crippen molar-refractivity contribution >= 4 is 10.8 Å². The van der Waals surface area contributed by atoms with Crippen LogP contribution in [0.25, 0.3) is 0 Å². The van der Waals surface area contributed by atoms with Crippen LogP contribution in [0.4, 0.5) is 0 Å². The van der Waals surface area contributed by atoms with E-state index in [9.17, 15) is 4.21 Å². The summed E-state index contributed by atoms with van der Waals surface area (Å²) in [6, 6.07) is 5.82. The van der Waals surface area contributed by atoms with Gasteiger partial charge < -0.3 is 14.8 Å². The second-order valence-electron chi connectivity index (χ2n) is 4.55. The largest absolute Gasteiger partial charge is 0.493 e. The summed E-state index contributed by atoms with van der Waals surface area (Å²) < 4.78 is 22.5. The van der Waals surface area contributed by atoms with Crippen molar-refractivity contribution in [2.45, 2.75) is 25.1 Å². The minimum Gasteiger partial charge on any atom is -0.493 e. The highest BCUT2D eigenvalue weighted by Crippen LogP contribution is 2.30. The minimum absolute atomic E-state index is 0.0445. The first-order chi connectivity index (χ1) is 9.03. The molecular weight excluding hydrogens is 262 g/mol. The van der Waals surface area contributed by atoms with Crippen molar-refractivity contribution in [1.29, 1.82) is 0 Å². The predicted molar refractivity (Wildman–Crippen MR) is 79.5 cm³/mol. The summed E-state index contributed by atoms with van der Waals surface area (Å²) in [5, 5.41) is 3.37. The van der Waals surface area contributed by atoms with Gasteiger partial charge in [-0.2, -0.15) is 0 Å². The normalized spacial score (nSPS) is 14.2. The molecule has 0 aliphatic heterocycles. The van der Waals surface area contributed by atoms with E-state index in [4.69, 9.17) is 9.47 Å². The van der Waals surface area contributed by atoms with E-state index in [1.54, 1.807) is 14.2 Å². The highest BCUT2D eigenvalue weighted by Gasteiger charge is 2.17. The van der Waals surface area contributed by atoms with E-state index in [0.29, 0.717) is 17.3 Å². The molecule has 4 nitrogen and oxygen atoms in total. The van der Waals surface area contributed by atoms with E-state index in [-0.39, 0.29) is 11.3 Å². The Morgan fingerprint density at radius 3 is 2.32 bits per heavy atom. The summed E-state index contributed by atoms with van der Waals surface area (Å²) in [4.78, 5) is 0. The summed E-state index contributed by atoms with van der Waals surface area (Å²) in [7, 11) is 4.25. The number of hydrogen-bond acceptors (Lipinski definition) is 4. The smallest absolute Gasteiger partial charge is 0.161 e. The van der Waals surface area contributed by atoms with Gasteiger partial charge in [0.2, 0.25) is 0 Å². The summed E-state index contributed by atoms with van der Waals surface area (Å²) >= 11 is 0. The molecule has 0 aromatic heterocycles. The SMILES string of the molecule is CNC(CS(=O)C(C)C)c1ccc(OC)c(OC)c1. The molecule has 108 valence electrons. The lowest BCUT2D eigenvalue weighted by atomic mass is 10.1. The van der Waals surface area contributed by atoms with Gasteiger partial charge in [-0.15, -0.1) is 0 Å². The monoisotopic (exact) mass is 285 g/mol. The zero-order chi connectivity index (χ0) is 14.4. The molecule has 0 amide bonds. The van der Waals surface area contributed by atoms with Crippen LogP contribution < -0.4 is 14.8 Å². The molecule has 5 heteroatoms. The molecule has 19 heavy (non-hydrogen) atoms. The molecule has 0 aliphatic rings. The van der Waals surface area contributed by atoms with Gasteiger partial charge in [0, 0.05) is 27.8 Å². The Labute approximate surface area is 118 Å². The first kappa shape index (κ1) is 16.0. The molecule has 1 rings (SSSR count). The Morgan fingerprint density at radius 2 is 1.84 bits per heavy atom. The van der Waals surface area contributed by atoms with Crippen LogP contribution in [0, 0.1) is 0 Å². The number of ether oxygens (including phenoxy) is 2. The van der Waals surface area contributed by atoms with Crippen LogP contribution in [0.2, 0.25) is 0 Å². The fourth-order valence-corrected chi connectivity index (χ4v) is 2.85. The van der Waals surface area contributed by atoms with E-state index in [1.807, 2.05) is 39.1 Å². The molecule has 1 N–H and O–H groups in total. The van der Waals surface area contributed by atoms with Crippen LogP contribution in [-0.4, -0.2) is 36.5 Å². The van der Waals surface area contributed by atoms with Crippen molar-refractivity contribution in [3.8, 4) is 11.5 Å². The number of nitrogens with one attached hydrogen (secondary N) is 1. The lowest BCUT2D eigenvalue weighted by molar-refractivity contribution is 0.354. The van der Waals surface area contributed by atoms with Crippen LogP contribution in [0.1, 0.15) is 25.5 Å². The highest BCUT2D eigenvalue weighted by atomic mass is 32.2.